The van der Waals surface area contributed by atoms with Crippen LogP contribution in [0.25, 0.3) is 0 Å². The SMILES string of the molecule is C[C@H](NC1CCC(C(C)(C)C)CC1)c1cccc(Br)c1. The molecule has 1 aliphatic carbocycles. The highest BCUT2D eigenvalue weighted by Crippen LogP contribution is 2.38. The fraction of sp³-hybridized carbons (Fsp3) is 0.667. The molecule has 0 unspecified atom stereocenters. The van der Waals surface area contributed by atoms with Gasteiger partial charge in [-0.3, -0.25) is 0 Å². The number of benzene rings is 1. The second-order valence-corrected chi connectivity index (χ2v) is 8.27. The van der Waals surface area contributed by atoms with Crippen LogP contribution in [-0.4, -0.2) is 6.04 Å². The third-order valence-electron chi connectivity index (χ3n) is 4.79. The highest BCUT2D eigenvalue weighted by atomic mass is 79.9. The monoisotopic (exact) mass is 337 g/mol. The van der Waals surface area contributed by atoms with E-state index in [2.05, 4.69) is 73.2 Å². The van der Waals surface area contributed by atoms with Crippen molar-refractivity contribution >= 4 is 15.9 Å². The summed E-state index contributed by atoms with van der Waals surface area (Å²) in [5.74, 6) is 0.890. The Hall–Kier alpha value is -0.340. The van der Waals surface area contributed by atoms with Crippen LogP contribution in [0.2, 0.25) is 0 Å². The van der Waals surface area contributed by atoms with Crippen LogP contribution in [0.4, 0.5) is 0 Å². The molecule has 2 rings (SSSR count). The minimum atomic E-state index is 0.434. The van der Waals surface area contributed by atoms with E-state index < -0.39 is 0 Å². The van der Waals surface area contributed by atoms with Crippen LogP contribution >= 0.6 is 15.9 Å². The van der Waals surface area contributed by atoms with Gasteiger partial charge in [-0.1, -0.05) is 48.8 Å². The van der Waals surface area contributed by atoms with Gasteiger partial charge in [0, 0.05) is 16.6 Å². The largest absolute Gasteiger partial charge is 0.307 e. The molecule has 20 heavy (non-hydrogen) atoms. The normalized spacial score (nSPS) is 25.4. The summed E-state index contributed by atoms with van der Waals surface area (Å²) in [5, 5.41) is 3.81. The van der Waals surface area contributed by atoms with Gasteiger partial charge in [-0.05, 0) is 61.6 Å². The molecule has 0 aromatic heterocycles. The van der Waals surface area contributed by atoms with Gasteiger partial charge in [0.05, 0.1) is 0 Å². The minimum Gasteiger partial charge on any atom is -0.307 e. The van der Waals surface area contributed by atoms with Crippen LogP contribution in [0, 0.1) is 11.3 Å². The number of rotatable bonds is 3. The zero-order valence-electron chi connectivity index (χ0n) is 13.2. The molecular formula is C18H28BrN. The summed E-state index contributed by atoms with van der Waals surface area (Å²) < 4.78 is 1.17. The fourth-order valence-corrected chi connectivity index (χ4v) is 3.77. The molecule has 112 valence electrons. The van der Waals surface area contributed by atoms with Gasteiger partial charge in [-0.25, -0.2) is 0 Å². The van der Waals surface area contributed by atoms with Crippen molar-refractivity contribution in [3.8, 4) is 0 Å². The molecule has 0 spiro atoms. The summed E-state index contributed by atoms with van der Waals surface area (Å²) in [6.07, 6.45) is 5.37. The molecule has 0 bridgehead atoms. The lowest BCUT2D eigenvalue weighted by atomic mass is 9.71. The smallest absolute Gasteiger partial charge is 0.0294 e. The predicted octanol–water partition coefficient (Wildman–Crippen LogP) is 5.70. The molecule has 1 saturated carbocycles. The Kier molecular flexibility index (Phi) is 5.30. The van der Waals surface area contributed by atoms with Crippen molar-refractivity contribution in [2.75, 3.05) is 0 Å². The van der Waals surface area contributed by atoms with E-state index >= 15 is 0 Å². The minimum absolute atomic E-state index is 0.434. The topological polar surface area (TPSA) is 12.0 Å². The van der Waals surface area contributed by atoms with Crippen molar-refractivity contribution in [3.05, 3.63) is 34.3 Å². The van der Waals surface area contributed by atoms with E-state index in [1.54, 1.807) is 0 Å². The van der Waals surface area contributed by atoms with Gasteiger partial charge in [-0.2, -0.15) is 0 Å². The van der Waals surface area contributed by atoms with Gasteiger partial charge in [0.25, 0.3) is 0 Å². The zero-order valence-corrected chi connectivity index (χ0v) is 14.8. The average Bonchev–Trinajstić information content (AvgIpc) is 2.38. The van der Waals surface area contributed by atoms with E-state index in [0.29, 0.717) is 17.5 Å². The van der Waals surface area contributed by atoms with Crippen molar-refractivity contribution in [1.82, 2.24) is 5.32 Å². The first-order valence-corrected chi connectivity index (χ1v) is 8.67. The molecule has 0 heterocycles. The molecule has 0 aliphatic heterocycles. The summed E-state index contributed by atoms with van der Waals surface area (Å²) in [7, 11) is 0. The third kappa shape index (κ3) is 4.33. The van der Waals surface area contributed by atoms with Crippen molar-refractivity contribution < 1.29 is 0 Å². The Morgan fingerprint density at radius 1 is 1.15 bits per heavy atom. The first-order chi connectivity index (χ1) is 9.36. The summed E-state index contributed by atoms with van der Waals surface area (Å²) in [4.78, 5) is 0. The molecule has 1 aromatic rings. The average molecular weight is 338 g/mol. The van der Waals surface area contributed by atoms with E-state index in [4.69, 9.17) is 0 Å². The molecule has 1 aromatic carbocycles. The Balaban J connectivity index is 1.86. The van der Waals surface area contributed by atoms with E-state index in [1.165, 1.54) is 35.7 Å². The van der Waals surface area contributed by atoms with Gasteiger partial charge < -0.3 is 5.32 Å². The zero-order chi connectivity index (χ0) is 14.8. The van der Waals surface area contributed by atoms with Gasteiger partial charge >= 0.3 is 0 Å². The van der Waals surface area contributed by atoms with Crippen LogP contribution in [0.3, 0.4) is 0 Å². The van der Waals surface area contributed by atoms with Crippen molar-refractivity contribution in [2.45, 2.75) is 65.5 Å². The highest BCUT2D eigenvalue weighted by molar-refractivity contribution is 9.10. The standard InChI is InChI=1S/C18H28BrN/c1-13(14-6-5-7-16(19)12-14)20-17-10-8-15(9-11-17)18(2,3)4/h5-7,12-13,15,17,20H,8-11H2,1-4H3/t13-,15?,17?/m0/s1. The maximum atomic E-state index is 3.81. The Morgan fingerprint density at radius 3 is 2.35 bits per heavy atom. The van der Waals surface area contributed by atoms with Gasteiger partial charge in [0.1, 0.15) is 0 Å². The quantitative estimate of drug-likeness (QED) is 0.745. The van der Waals surface area contributed by atoms with Gasteiger partial charge in [0.15, 0.2) is 0 Å². The van der Waals surface area contributed by atoms with E-state index in [1.807, 2.05) is 0 Å². The van der Waals surface area contributed by atoms with E-state index in [9.17, 15) is 0 Å². The van der Waals surface area contributed by atoms with Gasteiger partial charge in [0.2, 0.25) is 0 Å². The summed E-state index contributed by atoms with van der Waals surface area (Å²) >= 11 is 3.56. The first-order valence-electron chi connectivity index (χ1n) is 7.88. The number of hydrogen-bond acceptors (Lipinski definition) is 1. The van der Waals surface area contributed by atoms with Crippen molar-refractivity contribution in [1.29, 1.82) is 0 Å². The molecule has 1 aliphatic rings. The second kappa shape index (κ2) is 6.62. The molecular weight excluding hydrogens is 310 g/mol. The van der Waals surface area contributed by atoms with E-state index in [-0.39, 0.29) is 0 Å². The number of halogens is 1. The number of hydrogen-bond donors (Lipinski definition) is 1. The molecule has 1 N–H and O–H groups in total. The lowest BCUT2D eigenvalue weighted by Gasteiger charge is -2.38. The van der Waals surface area contributed by atoms with Crippen LogP contribution in [0.5, 0.6) is 0 Å². The second-order valence-electron chi connectivity index (χ2n) is 7.36. The molecule has 1 atom stereocenters. The Labute approximate surface area is 132 Å². The predicted molar refractivity (Wildman–Crippen MR) is 90.9 cm³/mol. The summed E-state index contributed by atoms with van der Waals surface area (Å²) in [6.45, 7) is 9.43. The van der Waals surface area contributed by atoms with Crippen LogP contribution < -0.4 is 5.32 Å². The molecule has 1 fully saturated rings. The third-order valence-corrected chi connectivity index (χ3v) is 5.28. The Bertz CT molecular complexity index is 427. The lowest BCUT2D eigenvalue weighted by molar-refractivity contribution is 0.157. The highest BCUT2D eigenvalue weighted by Gasteiger charge is 2.30. The maximum Gasteiger partial charge on any atom is 0.0294 e. The van der Waals surface area contributed by atoms with Crippen molar-refractivity contribution in [2.24, 2.45) is 11.3 Å². The van der Waals surface area contributed by atoms with Gasteiger partial charge in [-0.15, -0.1) is 0 Å². The number of nitrogens with one attached hydrogen (secondary N) is 1. The Morgan fingerprint density at radius 2 is 1.80 bits per heavy atom. The van der Waals surface area contributed by atoms with Crippen LogP contribution in [-0.2, 0) is 0 Å². The fourth-order valence-electron chi connectivity index (χ4n) is 3.35. The first kappa shape index (κ1) is 16.0. The van der Waals surface area contributed by atoms with Crippen LogP contribution in [0.1, 0.15) is 65.0 Å². The lowest BCUT2D eigenvalue weighted by Crippen LogP contribution is -2.37. The molecule has 0 amide bonds. The van der Waals surface area contributed by atoms with E-state index in [0.717, 1.165) is 5.92 Å². The molecule has 2 heteroatoms. The van der Waals surface area contributed by atoms with Crippen LogP contribution in [0.15, 0.2) is 28.7 Å². The summed E-state index contributed by atoms with van der Waals surface area (Å²) in [6, 6.07) is 9.76. The molecule has 1 nitrogen and oxygen atoms in total. The molecule has 0 radical (unpaired) electrons. The van der Waals surface area contributed by atoms with Crippen molar-refractivity contribution in [3.63, 3.8) is 0 Å². The summed E-state index contributed by atoms with van der Waals surface area (Å²) in [5.41, 5.74) is 1.85. The molecule has 0 saturated heterocycles. The maximum absolute atomic E-state index is 3.81.